The summed E-state index contributed by atoms with van der Waals surface area (Å²) < 4.78 is 14.5. The van der Waals surface area contributed by atoms with Gasteiger partial charge in [0.05, 0.1) is 19.9 Å². The average molecular weight is 319 g/mol. The van der Waals surface area contributed by atoms with Crippen LogP contribution in [-0.2, 0) is 13.0 Å². The van der Waals surface area contributed by atoms with Crippen molar-refractivity contribution >= 4 is 17.4 Å². The number of ether oxygens (including phenoxy) is 2. The molecule has 3 rings (SSSR count). The molecule has 0 atom stereocenters. The number of aromatic nitrogens is 2. The van der Waals surface area contributed by atoms with Gasteiger partial charge in [-0.1, -0.05) is 4.49 Å². The van der Waals surface area contributed by atoms with E-state index in [4.69, 9.17) is 9.47 Å². The molecule has 2 aromatic rings. The van der Waals surface area contributed by atoms with E-state index in [1.165, 1.54) is 5.56 Å². The third kappa shape index (κ3) is 2.52. The number of methoxy groups -OCH3 is 2. The molecule has 6 nitrogen and oxygen atoms in total. The smallest absolute Gasteiger partial charge is 0.267 e. The van der Waals surface area contributed by atoms with E-state index in [0.29, 0.717) is 29.4 Å². The predicted molar refractivity (Wildman–Crippen MR) is 82.6 cm³/mol. The van der Waals surface area contributed by atoms with Gasteiger partial charge in [0.25, 0.3) is 5.91 Å². The summed E-state index contributed by atoms with van der Waals surface area (Å²) in [5, 5.41) is 3.91. The Hall–Kier alpha value is -2.15. The summed E-state index contributed by atoms with van der Waals surface area (Å²) in [5.74, 6) is 1.41. The van der Waals surface area contributed by atoms with E-state index < -0.39 is 0 Å². The summed E-state index contributed by atoms with van der Waals surface area (Å²) in [5.41, 5.74) is 2.97. The first-order valence-electron chi connectivity index (χ1n) is 6.96. The van der Waals surface area contributed by atoms with Crippen molar-refractivity contribution in [3.05, 3.63) is 33.8 Å². The topological polar surface area (TPSA) is 64.6 Å². The molecule has 1 amide bonds. The molecule has 1 aromatic heterocycles. The van der Waals surface area contributed by atoms with Crippen LogP contribution >= 0.6 is 11.5 Å². The highest BCUT2D eigenvalue weighted by Gasteiger charge is 2.26. The van der Waals surface area contributed by atoms with E-state index in [0.717, 1.165) is 29.3 Å². The van der Waals surface area contributed by atoms with Gasteiger partial charge in [0.1, 0.15) is 4.88 Å². The largest absolute Gasteiger partial charge is 0.493 e. The molecule has 0 saturated carbocycles. The van der Waals surface area contributed by atoms with E-state index >= 15 is 0 Å². The fraction of sp³-hybridized carbons (Fsp3) is 0.400. The zero-order valence-electron chi connectivity index (χ0n) is 12.8. The SMILES string of the molecule is COc1cc2c(cc1OC)CN(C(=O)c1snnc1C)CC2. The monoisotopic (exact) mass is 319 g/mol. The molecule has 7 heteroatoms. The number of benzene rings is 1. The van der Waals surface area contributed by atoms with Crippen molar-refractivity contribution in [1.29, 1.82) is 0 Å². The van der Waals surface area contributed by atoms with Crippen molar-refractivity contribution in [2.75, 3.05) is 20.8 Å². The Bertz CT molecular complexity index is 714. The molecule has 0 bridgehead atoms. The Balaban J connectivity index is 1.87. The van der Waals surface area contributed by atoms with Crippen molar-refractivity contribution < 1.29 is 14.3 Å². The minimum Gasteiger partial charge on any atom is -0.493 e. The molecule has 1 aliphatic rings. The van der Waals surface area contributed by atoms with Gasteiger partial charge in [0, 0.05) is 13.1 Å². The molecule has 1 aliphatic heterocycles. The van der Waals surface area contributed by atoms with E-state index in [-0.39, 0.29) is 5.91 Å². The Morgan fingerprint density at radius 2 is 1.91 bits per heavy atom. The zero-order chi connectivity index (χ0) is 15.7. The van der Waals surface area contributed by atoms with Gasteiger partial charge in [-0.15, -0.1) is 5.10 Å². The molecule has 22 heavy (non-hydrogen) atoms. The number of fused-ring (bicyclic) bond motifs is 1. The summed E-state index contributed by atoms with van der Waals surface area (Å²) in [6, 6.07) is 3.95. The molecule has 0 unspecified atom stereocenters. The van der Waals surface area contributed by atoms with Crippen molar-refractivity contribution in [2.24, 2.45) is 0 Å². The molecule has 0 spiro atoms. The highest BCUT2D eigenvalue weighted by molar-refractivity contribution is 7.07. The second-order valence-electron chi connectivity index (χ2n) is 5.14. The Labute approximate surface area is 132 Å². The molecule has 0 N–H and O–H groups in total. The number of aryl methyl sites for hydroxylation is 1. The van der Waals surface area contributed by atoms with Gasteiger partial charge in [-0.05, 0) is 48.1 Å². The third-order valence-electron chi connectivity index (χ3n) is 3.85. The maximum absolute atomic E-state index is 12.6. The van der Waals surface area contributed by atoms with Gasteiger partial charge >= 0.3 is 0 Å². The lowest BCUT2D eigenvalue weighted by molar-refractivity contribution is 0.0738. The summed E-state index contributed by atoms with van der Waals surface area (Å²) >= 11 is 1.15. The van der Waals surface area contributed by atoms with Crippen LogP contribution in [0.2, 0.25) is 0 Å². The zero-order valence-corrected chi connectivity index (χ0v) is 13.6. The normalized spacial score (nSPS) is 13.7. The fourth-order valence-electron chi connectivity index (χ4n) is 2.63. The second-order valence-corrected chi connectivity index (χ2v) is 5.89. The van der Waals surface area contributed by atoms with Crippen molar-refractivity contribution in [3.63, 3.8) is 0 Å². The number of carbonyl (C=O) groups excluding carboxylic acids is 1. The van der Waals surface area contributed by atoms with Gasteiger partial charge in [0.2, 0.25) is 0 Å². The number of rotatable bonds is 3. The van der Waals surface area contributed by atoms with Gasteiger partial charge in [-0.2, -0.15) is 0 Å². The number of hydrogen-bond donors (Lipinski definition) is 0. The maximum atomic E-state index is 12.6. The predicted octanol–water partition coefficient (Wildman–Crippen LogP) is 2.06. The van der Waals surface area contributed by atoms with Crippen LogP contribution in [-0.4, -0.2) is 41.2 Å². The first kappa shape index (κ1) is 14.8. The molecule has 0 fully saturated rings. The van der Waals surface area contributed by atoms with Crippen LogP contribution in [0.1, 0.15) is 26.5 Å². The lowest BCUT2D eigenvalue weighted by atomic mass is 9.98. The number of hydrogen-bond acceptors (Lipinski definition) is 6. The van der Waals surface area contributed by atoms with E-state index in [1.807, 2.05) is 24.0 Å². The number of carbonyl (C=O) groups is 1. The van der Waals surface area contributed by atoms with Gasteiger partial charge in [-0.25, -0.2) is 0 Å². The number of amides is 1. The molecule has 2 heterocycles. The van der Waals surface area contributed by atoms with E-state index in [1.54, 1.807) is 14.2 Å². The average Bonchev–Trinajstić information content (AvgIpc) is 2.98. The standard InChI is InChI=1S/C15H17N3O3S/c1-9-14(22-17-16-9)15(19)18-5-4-10-6-12(20-2)13(21-3)7-11(10)8-18/h6-7H,4-5,8H2,1-3H3. The van der Waals surface area contributed by atoms with Gasteiger partial charge in [0.15, 0.2) is 11.5 Å². The highest BCUT2D eigenvalue weighted by atomic mass is 32.1. The first-order chi connectivity index (χ1) is 10.6. The van der Waals surface area contributed by atoms with E-state index in [9.17, 15) is 4.79 Å². The van der Waals surface area contributed by atoms with Crippen LogP contribution in [0.25, 0.3) is 0 Å². The van der Waals surface area contributed by atoms with Gasteiger partial charge in [-0.3, -0.25) is 4.79 Å². The molecular weight excluding hydrogens is 302 g/mol. The maximum Gasteiger partial charge on any atom is 0.267 e. The van der Waals surface area contributed by atoms with Crippen LogP contribution in [0.4, 0.5) is 0 Å². The van der Waals surface area contributed by atoms with Crippen molar-refractivity contribution in [2.45, 2.75) is 19.9 Å². The molecular formula is C15H17N3O3S. The Morgan fingerprint density at radius 3 is 2.50 bits per heavy atom. The molecule has 1 aromatic carbocycles. The minimum absolute atomic E-state index is 0.00654. The lowest BCUT2D eigenvalue weighted by Gasteiger charge is -2.29. The van der Waals surface area contributed by atoms with Crippen molar-refractivity contribution in [1.82, 2.24) is 14.5 Å². The Morgan fingerprint density at radius 1 is 1.23 bits per heavy atom. The lowest BCUT2D eigenvalue weighted by Crippen LogP contribution is -2.35. The number of nitrogens with zero attached hydrogens (tertiary/aromatic N) is 3. The van der Waals surface area contributed by atoms with Crippen LogP contribution in [0.15, 0.2) is 12.1 Å². The molecule has 0 aliphatic carbocycles. The molecule has 116 valence electrons. The van der Waals surface area contributed by atoms with E-state index in [2.05, 4.69) is 9.59 Å². The van der Waals surface area contributed by atoms with Crippen LogP contribution in [0.3, 0.4) is 0 Å². The third-order valence-corrected chi connectivity index (χ3v) is 4.67. The molecule has 0 saturated heterocycles. The summed E-state index contributed by atoms with van der Waals surface area (Å²) in [6.07, 6.45) is 0.798. The Kier molecular flexibility index (Phi) is 3.98. The fourth-order valence-corrected chi connectivity index (χ4v) is 3.25. The highest BCUT2D eigenvalue weighted by Crippen LogP contribution is 2.33. The second kappa shape index (κ2) is 5.92. The summed E-state index contributed by atoms with van der Waals surface area (Å²) in [7, 11) is 3.24. The van der Waals surface area contributed by atoms with Gasteiger partial charge < -0.3 is 14.4 Å². The van der Waals surface area contributed by atoms with Crippen molar-refractivity contribution in [3.8, 4) is 11.5 Å². The summed E-state index contributed by atoms with van der Waals surface area (Å²) in [6.45, 7) is 3.05. The first-order valence-corrected chi connectivity index (χ1v) is 7.73. The van der Waals surface area contributed by atoms with Crippen LogP contribution < -0.4 is 9.47 Å². The quantitative estimate of drug-likeness (QED) is 0.866. The van der Waals surface area contributed by atoms with Crippen LogP contribution in [0.5, 0.6) is 11.5 Å². The summed E-state index contributed by atoms with van der Waals surface area (Å²) in [4.78, 5) is 15.0. The van der Waals surface area contributed by atoms with Crippen LogP contribution in [0, 0.1) is 6.92 Å². The minimum atomic E-state index is -0.00654. The molecule has 0 radical (unpaired) electrons.